The molecule has 44 valence electrons. The molecule has 0 rings (SSSR count). The molecule has 0 aromatic rings. The summed E-state index contributed by atoms with van der Waals surface area (Å²) in [4.78, 5) is 0. The molecular formula is C3H9IN2S. The van der Waals surface area contributed by atoms with Gasteiger partial charge in [-0.15, -0.1) is 0 Å². The number of rotatable bonds is 0. The van der Waals surface area contributed by atoms with Crippen LogP contribution in [-0.4, -0.2) is 18.4 Å². The van der Waals surface area contributed by atoms with Crippen molar-refractivity contribution in [3.8, 4) is 0 Å². The van der Waals surface area contributed by atoms with Gasteiger partial charge in [0.1, 0.15) is 0 Å². The quantitative estimate of drug-likeness (QED) is 0.253. The number of nitrogens with two attached hydrogens (primary N) is 1. The molecule has 0 saturated carbocycles. The van der Waals surface area contributed by atoms with Crippen molar-refractivity contribution in [2.24, 2.45) is 5.73 Å². The average molecular weight is 232 g/mol. The Morgan fingerprint density at radius 1 is 1.71 bits per heavy atom. The Balaban J connectivity index is 0. The molecule has 0 amide bonds. The Hall–Kier alpha value is 0.740. The van der Waals surface area contributed by atoms with Gasteiger partial charge in [0.2, 0.25) is 11.4 Å². The Morgan fingerprint density at radius 3 is 2.14 bits per heavy atom. The van der Waals surface area contributed by atoms with Crippen molar-refractivity contribution in [1.82, 2.24) is 5.32 Å². The fourth-order valence-electron chi connectivity index (χ4n) is 0.102. The number of halogens is 1. The highest BCUT2D eigenvalue weighted by Crippen LogP contribution is 1.42. The van der Waals surface area contributed by atoms with Gasteiger partial charge in [-0.05, 0) is 7.05 Å². The molecule has 3 N–H and O–H groups in total. The van der Waals surface area contributed by atoms with E-state index in [9.17, 15) is 0 Å². The lowest BCUT2D eigenvalue weighted by Gasteiger charge is -1.75. The largest absolute Gasteiger partial charge is 1.00 e. The van der Waals surface area contributed by atoms with E-state index in [0.29, 0.717) is 0 Å². The van der Waals surface area contributed by atoms with Crippen molar-refractivity contribution in [2.75, 3.05) is 13.3 Å². The van der Waals surface area contributed by atoms with Gasteiger partial charge in [0, 0.05) is 0 Å². The van der Waals surface area contributed by atoms with Crippen LogP contribution in [-0.2, 0) is 11.4 Å². The third-order valence-electron chi connectivity index (χ3n) is 0.466. The molecule has 4 heteroatoms. The summed E-state index contributed by atoms with van der Waals surface area (Å²) in [5.41, 5.74) is 5.24. The van der Waals surface area contributed by atoms with Crippen LogP contribution in [0.2, 0.25) is 0 Å². The van der Waals surface area contributed by atoms with Gasteiger partial charge in [-0.3, -0.25) is 0 Å². The second kappa shape index (κ2) is 6.74. The maximum atomic E-state index is 5.24. The SMILES string of the molecule is CN/C(N)=[S+]\C.[I-]. The molecule has 0 saturated heterocycles. The van der Waals surface area contributed by atoms with E-state index in [4.69, 9.17) is 5.73 Å². The molecule has 2 nitrogen and oxygen atoms in total. The third-order valence-corrected chi connectivity index (χ3v) is 1.11. The molecule has 0 aliphatic rings. The summed E-state index contributed by atoms with van der Waals surface area (Å²) in [6.45, 7) is 0. The molecule has 0 bridgehead atoms. The van der Waals surface area contributed by atoms with Crippen LogP contribution in [0.5, 0.6) is 0 Å². The van der Waals surface area contributed by atoms with E-state index in [1.807, 2.05) is 6.26 Å². The van der Waals surface area contributed by atoms with Gasteiger partial charge >= 0.3 is 5.11 Å². The number of nitrogens with one attached hydrogen (secondary N) is 1. The van der Waals surface area contributed by atoms with Crippen molar-refractivity contribution >= 4 is 16.5 Å². The van der Waals surface area contributed by atoms with Crippen LogP contribution < -0.4 is 35.0 Å². The lowest BCUT2D eigenvalue weighted by atomic mass is 11.1. The molecule has 0 heterocycles. The van der Waals surface area contributed by atoms with E-state index >= 15 is 0 Å². The zero-order valence-corrected chi connectivity index (χ0v) is 7.34. The van der Waals surface area contributed by atoms with E-state index in [1.54, 1.807) is 7.05 Å². The molecule has 7 heavy (non-hydrogen) atoms. The topological polar surface area (TPSA) is 38.0 Å². The van der Waals surface area contributed by atoms with E-state index in [1.165, 1.54) is 11.4 Å². The first-order valence-electron chi connectivity index (χ1n) is 1.65. The zero-order valence-electron chi connectivity index (χ0n) is 4.36. The fraction of sp³-hybridized carbons (Fsp3) is 0.667. The highest BCUT2D eigenvalue weighted by Gasteiger charge is 1.88. The maximum absolute atomic E-state index is 5.24. The maximum Gasteiger partial charge on any atom is 0.316 e. The second-order valence-corrected chi connectivity index (χ2v) is 1.67. The molecule has 0 unspecified atom stereocenters. The first-order valence-corrected chi connectivity index (χ1v) is 2.88. The summed E-state index contributed by atoms with van der Waals surface area (Å²) in [6, 6.07) is 0. The van der Waals surface area contributed by atoms with Gasteiger partial charge in [0.25, 0.3) is 0 Å². The first kappa shape index (κ1) is 10.7. The molecule has 0 atom stereocenters. The van der Waals surface area contributed by atoms with Gasteiger partial charge in [0.05, 0.1) is 0 Å². The number of hydrogen-bond donors (Lipinski definition) is 2. The van der Waals surface area contributed by atoms with Crippen LogP contribution in [0, 0.1) is 0 Å². The Morgan fingerprint density at radius 2 is 2.14 bits per heavy atom. The predicted molar refractivity (Wildman–Crippen MR) is 31.5 cm³/mol. The van der Waals surface area contributed by atoms with Crippen LogP contribution in [0.25, 0.3) is 0 Å². The molecular weight excluding hydrogens is 223 g/mol. The molecule has 0 aliphatic carbocycles. The van der Waals surface area contributed by atoms with Crippen molar-refractivity contribution in [3.63, 3.8) is 0 Å². The monoisotopic (exact) mass is 232 g/mol. The summed E-state index contributed by atoms with van der Waals surface area (Å²) in [6.07, 6.45) is 1.92. The van der Waals surface area contributed by atoms with Gasteiger partial charge in [-0.1, -0.05) is 0 Å². The van der Waals surface area contributed by atoms with Crippen LogP contribution in [0.1, 0.15) is 0 Å². The van der Waals surface area contributed by atoms with Crippen LogP contribution in [0.4, 0.5) is 0 Å². The van der Waals surface area contributed by atoms with E-state index in [-0.39, 0.29) is 24.0 Å². The second-order valence-electron chi connectivity index (χ2n) is 0.818. The molecule has 0 radical (unpaired) electrons. The summed E-state index contributed by atoms with van der Waals surface area (Å²) < 4.78 is 0. The Bertz CT molecular complexity index is 64.0. The molecule has 0 aliphatic heterocycles. The van der Waals surface area contributed by atoms with Crippen molar-refractivity contribution < 1.29 is 24.0 Å². The van der Waals surface area contributed by atoms with Gasteiger partial charge in [-0.2, -0.15) is 0 Å². The molecule has 0 aromatic carbocycles. The van der Waals surface area contributed by atoms with E-state index < -0.39 is 0 Å². The summed E-state index contributed by atoms with van der Waals surface area (Å²) in [7, 11) is 1.80. The lowest BCUT2D eigenvalue weighted by molar-refractivity contribution is -0.00000145. The van der Waals surface area contributed by atoms with Crippen molar-refractivity contribution in [1.29, 1.82) is 0 Å². The summed E-state index contributed by atoms with van der Waals surface area (Å²) >= 11 is 1.51. The van der Waals surface area contributed by atoms with Crippen LogP contribution >= 0.6 is 0 Å². The smallest absolute Gasteiger partial charge is 0.316 e. The van der Waals surface area contributed by atoms with E-state index in [2.05, 4.69) is 5.32 Å². The van der Waals surface area contributed by atoms with Gasteiger partial charge < -0.3 is 24.0 Å². The van der Waals surface area contributed by atoms with Crippen molar-refractivity contribution in [3.05, 3.63) is 0 Å². The highest BCUT2D eigenvalue weighted by molar-refractivity contribution is 7.77. The predicted octanol–water partition coefficient (Wildman–Crippen LogP) is -4.03. The normalized spacial score (nSPS) is 10.4. The van der Waals surface area contributed by atoms with Crippen LogP contribution in [0.3, 0.4) is 0 Å². The molecule has 0 fully saturated rings. The minimum atomic E-state index is 0. The Kier molecular flexibility index (Phi) is 10.3. The molecule has 0 spiro atoms. The van der Waals surface area contributed by atoms with Crippen molar-refractivity contribution in [2.45, 2.75) is 0 Å². The molecule has 0 aromatic heterocycles. The standard InChI is InChI=1S/C3H9N2S.HI/c1-5-3(4)6-2;/h5H,4H2,1-2H3;1H/q+1;/p-1. The fourth-order valence-corrected chi connectivity index (χ4v) is 0.306. The average Bonchev–Trinajstić information content (AvgIpc) is 1.65. The zero-order chi connectivity index (χ0) is 4.99. The highest BCUT2D eigenvalue weighted by atomic mass is 127. The first-order chi connectivity index (χ1) is 2.81. The minimum absolute atomic E-state index is 0. The van der Waals surface area contributed by atoms with E-state index in [0.717, 1.165) is 5.11 Å². The number of hydrogen-bond acceptors (Lipinski definition) is 0. The minimum Gasteiger partial charge on any atom is -1.00 e. The third kappa shape index (κ3) is 6.74. The Labute approximate surface area is 64.8 Å². The van der Waals surface area contributed by atoms with Gasteiger partial charge in [0.15, 0.2) is 6.26 Å². The van der Waals surface area contributed by atoms with Gasteiger partial charge in [-0.25, -0.2) is 11.1 Å². The lowest BCUT2D eigenvalue weighted by Crippen LogP contribution is -3.00. The van der Waals surface area contributed by atoms with Crippen LogP contribution in [0.15, 0.2) is 0 Å². The summed E-state index contributed by atoms with van der Waals surface area (Å²) in [5, 5.41) is 3.53. The summed E-state index contributed by atoms with van der Waals surface area (Å²) in [5.74, 6) is 0.